The third-order valence-corrected chi connectivity index (χ3v) is 2.53. The van der Waals surface area contributed by atoms with Gasteiger partial charge in [0.1, 0.15) is 0 Å². The summed E-state index contributed by atoms with van der Waals surface area (Å²) in [5, 5.41) is 17.2. The third-order valence-electron chi connectivity index (χ3n) is 2.53. The van der Waals surface area contributed by atoms with Crippen LogP contribution in [0, 0.1) is 0 Å². The number of carbonyl (C=O) groups is 4. The van der Waals surface area contributed by atoms with Crippen LogP contribution in [0.2, 0.25) is 0 Å². The Morgan fingerprint density at radius 2 is 1.79 bits per heavy atom. The number of rotatable bonds is 8. The zero-order chi connectivity index (χ0) is 15.0. The van der Waals surface area contributed by atoms with Crippen molar-refractivity contribution in [1.29, 1.82) is 0 Å². The molecule has 0 saturated carbocycles. The van der Waals surface area contributed by atoms with Crippen molar-refractivity contribution in [2.24, 2.45) is 0 Å². The van der Waals surface area contributed by atoms with Crippen LogP contribution in [-0.4, -0.2) is 63.5 Å². The molecule has 8 nitrogen and oxygen atoms in total. The van der Waals surface area contributed by atoms with Crippen molar-refractivity contribution < 1.29 is 29.4 Å². The Balaban J connectivity index is 4.73. The van der Waals surface area contributed by atoms with Crippen LogP contribution in [0.15, 0.2) is 0 Å². The molecule has 0 saturated heterocycles. The van der Waals surface area contributed by atoms with E-state index in [0.717, 1.165) is 4.90 Å². The first-order valence-electron chi connectivity index (χ1n) is 5.79. The van der Waals surface area contributed by atoms with E-state index >= 15 is 0 Å². The van der Waals surface area contributed by atoms with Gasteiger partial charge in [-0.3, -0.25) is 19.3 Å². The molecule has 0 aromatic carbocycles. The molecule has 2 N–H and O–H groups in total. The quantitative estimate of drug-likeness (QED) is 0.612. The van der Waals surface area contributed by atoms with Gasteiger partial charge in [-0.05, 0) is 13.8 Å². The lowest BCUT2D eigenvalue weighted by molar-refractivity contribution is -0.138. The molecule has 108 valence electrons. The predicted octanol–water partition coefficient (Wildman–Crippen LogP) is 0.225. The summed E-state index contributed by atoms with van der Waals surface area (Å²) in [6.07, 6.45) is -0.333. The van der Waals surface area contributed by atoms with Gasteiger partial charge in [0.15, 0.2) is 0 Å². The minimum atomic E-state index is -1.12. The van der Waals surface area contributed by atoms with Crippen LogP contribution < -0.4 is 0 Å². The lowest BCUT2D eigenvalue weighted by Crippen LogP contribution is -2.47. The molecule has 0 bridgehead atoms. The van der Waals surface area contributed by atoms with Gasteiger partial charge in [-0.2, -0.15) is 0 Å². The summed E-state index contributed by atoms with van der Waals surface area (Å²) in [6, 6.07) is -1.48. The van der Waals surface area contributed by atoms with E-state index in [1.165, 1.54) is 11.8 Å². The minimum absolute atomic E-state index is 0.0329. The number of urea groups is 1. The van der Waals surface area contributed by atoms with E-state index in [-0.39, 0.29) is 32.3 Å². The molecule has 8 heteroatoms. The molecule has 0 aliphatic rings. The highest BCUT2D eigenvalue weighted by Crippen LogP contribution is 2.07. The van der Waals surface area contributed by atoms with Crippen molar-refractivity contribution in [3.8, 4) is 0 Å². The predicted molar refractivity (Wildman–Crippen MR) is 64.5 cm³/mol. The fourth-order valence-corrected chi connectivity index (χ4v) is 1.47. The van der Waals surface area contributed by atoms with Gasteiger partial charge in [-0.1, -0.05) is 0 Å². The van der Waals surface area contributed by atoms with E-state index in [4.69, 9.17) is 10.2 Å². The molecule has 0 fully saturated rings. The summed E-state index contributed by atoms with van der Waals surface area (Å²) in [7, 11) is 0. The van der Waals surface area contributed by atoms with Crippen LogP contribution >= 0.6 is 0 Å². The summed E-state index contributed by atoms with van der Waals surface area (Å²) >= 11 is 0. The monoisotopic (exact) mass is 274 g/mol. The zero-order valence-electron chi connectivity index (χ0n) is 10.9. The van der Waals surface area contributed by atoms with Crippen LogP contribution in [0.4, 0.5) is 4.79 Å². The normalized spacial score (nSPS) is 11.5. The summed E-state index contributed by atoms with van der Waals surface area (Å²) in [5.74, 6) is -2.18. The van der Waals surface area contributed by atoms with Crippen LogP contribution in [0.3, 0.4) is 0 Å². The molecular weight excluding hydrogens is 256 g/mol. The van der Waals surface area contributed by atoms with Gasteiger partial charge in [0.25, 0.3) is 0 Å². The van der Waals surface area contributed by atoms with E-state index in [0.29, 0.717) is 0 Å². The summed E-state index contributed by atoms with van der Waals surface area (Å²) in [5.41, 5.74) is 0. The average molecular weight is 274 g/mol. The highest BCUT2D eigenvalue weighted by Gasteiger charge is 2.25. The topological polar surface area (TPSA) is 115 Å². The molecule has 0 aromatic heterocycles. The molecule has 0 heterocycles. The molecule has 1 atom stereocenters. The maximum absolute atomic E-state index is 12.0. The number of imide groups is 1. The van der Waals surface area contributed by atoms with Gasteiger partial charge < -0.3 is 15.1 Å². The number of aliphatic carboxylic acids is 2. The fraction of sp³-hybridized carbons (Fsp3) is 0.636. The largest absolute Gasteiger partial charge is 0.481 e. The maximum Gasteiger partial charge on any atom is 0.326 e. The first kappa shape index (κ1) is 16.9. The Bertz CT molecular complexity index is 357. The molecule has 0 aliphatic carbocycles. The van der Waals surface area contributed by atoms with Crippen molar-refractivity contribution in [3.63, 3.8) is 0 Å². The maximum atomic E-state index is 12.0. The number of nitrogens with zero attached hydrogens (tertiary/aromatic N) is 2. The fourth-order valence-electron chi connectivity index (χ4n) is 1.47. The van der Waals surface area contributed by atoms with E-state index in [1.54, 1.807) is 6.92 Å². The van der Waals surface area contributed by atoms with Gasteiger partial charge in [-0.15, -0.1) is 0 Å². The van der Waals surface area contributed by atoms with Gasteiger partial charge in [0, 0.05) is 19.1 Å². The van der Waals surface area contributed by atoms with Crippen LogP contribution in [0.25, 0.3) is 0 Å². The Morgan fingerprint density at radius 1 is 1.21 bits per heavy atom. The molecule has 0 radical (unpaired) electrons. The van der Waals surface area contributed by atoms with Crippen LogP contribution in [0.5, 0.6) is 0 Å². The number of carbonyl (C=O) groups excluding carboxylic acids is 2. The van der Waals surface area contributed by atoms with Crippen LogP contribution in [0.1, 0.15) is 26.7 Å². The summed E-state index contributed by atoms with van der Waals surface area (Å²) in [4.78, 5) is 45.8. The minimum Gasteiger partial charge on any atom is -0.481 e. The lowest BCUT2D eigenvalue weighted by Gasteiger charge is -2.29. The molecule has 0 aromatic rings. The second-order valence-electron chi connectivity index (χ2n) is 3.97. The first-order chi connectivity index (χ1) is 8.83. The first-order valence-corrected chi connectivity index (χ1v) is 5.79. The Hall–Kier alpha value is -2.12. The van der Waals surface area contributed by atoms with E-state index in [2.05, 4.69) is 0 Å². The van der Waals surface area contributed by atoms with Crippen molar-refractivity contribution >= 4 is 24.4 Å². The van der Waals surface area contributed by atoms with Gasteiger partial charge in [-0.25, -0.2) is 4.79 Å². The van der Waals surface area contributed by atoms with Crippen molar-refractivity contribution in [3.05, 3.63) is 0 Å². The number of amides is 3. The Morgan fingerprint density at radius 3 is 2.16 bits per heavy atom. The summed E-state index contributed by atoms with van der Waals surface area (Å²) in [6.45, 7) is 3.28. The molecule has 3 amide bonds. The van der Waals surface area contributed by atoms with Crippen molar-refractivity contribution in [2.45, 2.75) is 32.7 Å². The smallest absolute Gasteiger partial charge is 0.326 e. The van der Waals surface area contributed by atoms with Crippen molar-refractivity contribution in [1.82, 2.24) is 9.80 Å². The lowest BCUT2D eigenvalue weighted by atomic mass is 10.2. The molecule has 0 rings (SSSR count). The molecule has 0 aliphatic heterocycles. The Labute approximate surface area is 110 Å². The third kappa shape index (κ3) is 5.84. The second kappa shape index (κ2) is 8.06. The Kier molecular flexibility index (Phi) is 7.16. The number of carboxylic acids is 2. The van der Waals surface area contributed by atoms with E-state index in [9.17, 15) is 19.2 Å². The standard InChI is InChI=1S/C11H18N2O6/c1-3-12(5-4-9(15)16)11(19)13(7-14)8(2)6-10(17)18/h7-8H,3-6H2,1-2H3,(H,15,16)(H,17,18). The van der Waals surface area contributed by atoms with Gasteiger partial charge in [0.05, 0.1) is 12.8 Å². The number of hydrogen-bond acceptors (Lipinski definition) is 4. The van der Waals surface area contributed by atoms with E-state index < -0.39 is 24.0 Å². The highest BCUT2D eigenvalue weighted by molar-refractivity contribution is 5.86. The molecule has 1 unspecified atom stereocenters. The second-order valence-corrected chi connectivity index (χ2v) is 3.97. The number of hydrogen-bond donors (Lipinski definition) is 2. The van der Waals surface area contributed by atoms with E-state index in [1.807, 2.05) is 0 Å². The average Bonchev–Trinajstić information content (AvgIpc) is 2.29. The molecule has 19 heavy (non-hydrogen) atoms. The summed E-state index contributed by atoms with van der Waals surface area (Å²) < 4.78 is 0. The van der Waals surface area contributed by atoms with Gasteiger partial charge >= 0.3 is 18.0 Å². The zero-order valence-corrected chi connectivity index (χ0v) is 10.9. The molecular formula is C11H18N2O6. The highest BCUT2D eigenvalue weighted by atomic mass is 16.4. The SMILES string of the molecule is CCN(CCC(=O)O)C(=O)N(C=O)C(C)CC(=O)O. The van der Waals surface area contributed by atoms with Gasteiger partial charge in [0.2, 0.25) is 6.41 Å². The van der Waals surface area contributed by atoms with Crippen molar-refractivity contribution in [2.75, 3.05) is 13.1 Å². The van der Waals surface area contributed by atoms with Crippen LogP contribution in [-0.2, 0) is 14.4 Å². The number of carboxylic acid groups (broad SMARTS) is 2. The molecule has 0 spiro atoms.